The summed E-state index contributed by atoms with van der Waals surface area (Å²) >= 11 is 0. The molecule has 0 aromatic carbocycles. The van der Waals surface area contributed by atoms with Crippen molar-refractivity contribution in [1.82, 2.24) is 19.5 Å². The molecule has 0 radical (unpaired) electrons. The van der Waals surface area contributed by atoms with E-state index in [0.717, 1.165) is 5.69 Å². The van der Waals surface area contributed by atoms with Crippen LogP contribution < -0.4 is 10.0 Å². The zero-order valence-corrected chi connectivity index (χ0v) is 14.7. The van der Waals surface area contributed by atoms with E-state index in [1.807, 2.05) is 51.4 Å². The van der Waals surface area contributed by atoms with Crippen molar-refractivity contribution >= 4 is 10.0 Å². The van der Waals surface area contributed by atoms with E-state index in [-0.39, 0.29) is 12.1 Å². The molecule has 122 valence electrons. The van der Waals surface area contributed by atoms with Crippen LogP contribution in [-0.4, -0.2) is 51.6 Å². The van der Waals surface area contributed by atoms with Gasteiger partial charge in [0.25, 0.3) is 0 Å². The summed E-state index contributed by atoms with van der Waals surface area (Å²) in [6.45, 7) is 7.09. The van der Waals surface area contributed by atoms with Gasteiger partial charge in [0.2, 0.25) is 10.0 Å². The number of sulfonamides is 1. The number of hydrogen-bond donors (Lipinski definition) is 2. The standard InChI is InChI=1S/C14H28N4O2S/c1-11(2)18-10-14(7-13(18)9-15-4)21(19,20)16-8-12(3)17(5)6/h7,10-12,15-16H,8-9H2,1-6H3. The van der Waals surface area contributed by atoms with Crippen molar-refractivity contribution in [3.63, 3.8) is 0 Å². The number of hydrogen-bond acceptors (Lipinski definition) is 4. The normalized spacial score (nSPS) is 14.1. The molecule has 1 heterocycles. The Morgan fingerprint density at radius 3 is 2.38 bits per heavy atom. The van der Waals surface area contributed by atoms with E-state index in [1.54, 1.807) is 12.3 Å². The molecule has 0 spiro atoms. The molecular formula is C14H28N4O2S. The first-order valence-electron chi connectivity index (χ1n) is 7.20. The summed E-state index contributed by atoms with van der Waals surface area (Å²) in [6, 6.07) is 2.10. The lowest BCUT2D eigenvalue weighted by molar-refractivity contribution is 0.314. The van der Waals surface area contributed by atoms with Gasteiger partial charge in [0, 0.05) is 37.1 Å². The van der Waals surface area contributed by atoms with E-state index in [0.29, 0.717) is 18.0 Å². The SMILES string of the molecule is CNCc1cc(S(=O)(=O)NCC(C)N(C)C)cn1C(C)C. The van der Waals surface area contributed by atoms with Crippen LogP contribution in [0.15, 0.2) is 17.2 Å². The van der Waals surface area contributed by atoms with Crippen LogP contribution >= 0.6 is 0 Å². The molecule has 2 N–H and O–H groups in total. The first-order valence-corrected chi connectivity index (χ1v) is 8.68. The maximum absolute atomic E-state index is 12.4. The molecule has 0 bridgehead atoms. The highest BCUT2D eigenvalue weighted by atomic mass is 32.2. The fourth-order valence-corrected chi connectivity index (χ4v) is 3.11. The lowest BCUT2D eigenvalue weighted by atomic mass is 10.3. The highest BCUT2D eigenvalue weighted by Gasteiger charge is 2.20. The largest absolute Gasteiger partial charge is 0.346 e. The van der Waals surface area contributed by atoms with Gasteiger partial charge in [-0.15, -0.1) is 0 Å². The molecule has 0 fully saturated rings. The quantitative estimate of drug-likeness (QED) is 0.751. The van der Waals surface area contributed by atoms with Gasteiger partial charge in [-0.25, -0.2) is 13.1 Å². The Bertz CT molecular complexity index is 549. The van der Waals surface area contributed by atoms with E-state index in [9.17, 15) is 8.42 Å². The first kappa shape index (κ1) is 18.2. The molecule has 1 rings (SSSR count). The summed E-state index contributed by atoms with van der Waals surface area (Å²) in [5.41, 5.74) is 0.966. The highest BCUT2D eigenvalue weighted by molar-refractivity contribution is 7.89. The Balaban J connectivity index is 2.95. The number of rotatable bonds is 8. The molecule has 1 unspecified atom stereocenters. The molecule has 0 aliphatic rings. The third-order valence-electron chi connectivity index (χ3n) is 3.58. The fraction of sp³-hybridized carbons (Fsp3) is 0.714. The van der Waals surface area contributed by atoms with Crippen molar-refractivity contribution in [2.45, 2.75) is 44.3 Å². The van der Waals surface area contributed by atoms with Crippen LogP contribution in [0, 0.1) is 0 Å². The van der Waals surface area contributed by atoms with E-state index in [1.165, 1.54) is 0 Å². The van der Waals surface area contributed by atoms with E-state index in [4.69, 9.17) is 0 Å². The van der Waals surface area contributed by atoms with Gasteiger partial charge in [0.15, 0.2) is 0 Å². The Kier molecular flexibility index (Phi) is 6.40. The summed E-state index contributed by atoms with van der Waals surface area (Å²) in [6.07, 6.45) is 1.71. The smallest absolute Gasteiger partial charge is 0.242 e. The molecular weight excluding hydrogens is 288 g/mol. The van der Waals surface area contributed by atoms with Crippen molar-refractivity contribution in [3.8, 4) is 0 Å². The third-order valence-corrected chi connectivity index (χ3v) is 4.97. The molecule has 0 aliphatic carbocycles. The topological polar surface area (TPSA) is 66.4 Å². The van der Waals surface area contributed by atoms with Crippen LogP contribution in [0.1, 0.15) is 32.5 Å². The predicted molar refractivity (Wildman–Crippen MR) is 85.9 cm³/mol. The maximum atomic E-state index is 12.4. The van der Waals surface area contributed by atoms with Crippen molar-refractivity contribution in [3.05, 3.63) is 18.0 Å². The lowest BCUT2D eigenvalue weighted by Gasteiger charge is -2.19. The predicted octanol–water partition coefficient (Wildman–Crippen LogP) is 1.02. The Labute approximate surface area is 128 Å². The Hall–Kier alpha value is -0.890. The summed E-state index contributed by atoms with van der Waals surface area (Å²) in [5, 5.41) is 3.07. The van der Waals surface area contributed by atoms with E-state index < -0.39 is 10.0 Å². The zero-order chi connectivity index (χ0) is 16.2. The molecule has 0 amide bonds. The third kappa shape index (κ3) is 4.81. The van der Waals surface area contributed by atoms with Crippen molar-refractivity contribution in [2.24, 2.45) is 0 Å². The van der Waals surface area contributed by atoms with Crippen LogP contribution in [-0.2, 0) is 16.6 Å². The summed E-state index contributed by atoms with van der Waals surface area (Å²) in [4.78, 5) is 2.31. The molecule has 0 saturated heterocycles. The minimum absolute atomic E-state index is 0.142. The highest BCUT2D eigenvalue weighted by Crippen LogP contribution is 2.18. The van der Waals surface area contributed by atoms with Crippen LogP contribution in [0.5, 0.6) is 0 Å². The van der Waals surface area contributed by atoms with Crippen molar-refractivity contribution in [2.75, 3.05) is 27.7 Å². The summed E-state index contributed by atoms with van der Waals surface area (Å²) in [5.74, 6) is 0. The van der Waals surface area contributed by atoms with Crippen LogP contribution in [0.3, 0.4) is 0 Å². The first-order chi connectivity index (χ1) is 9.69. The fourth-order valence-electron chi connectivity index (χ4n) is 1.94. The number of likely N-dealkylation sites (N-methyl/N-ethyl adjacent to an activating group) is 1. The second kappa shape index (κ2) is 7.40. The number of aromatic nitrogens is 1. The maximum Gasteiger partial charge on any atom is 0.242 e. The molecule has 1 aromatic heterocycles. The second-order valence-corrected chi connectivity index (χ2v) is 7.63. The average molecular weight is 316 g/mol. The lowest BCUT2D eigenvalue weighted by Crippen LogP contribution is -2.38. The van der Waals surface area contributed by atoms with Gasteiger partial charge in [0.05, 0.1) is 4.90 Å². The van der Waals surface area contributed by atoms with Gasteiger partial charge < -0.3 is 14.8 Å². The monoisotopic (exact) mass is 316 g/mol. The summed E-state index contributed by atoms with van der Waals surface area (Å²) < 4.78 is 29.4. The zero-order valence-electron chi connectivity index (χ0n) is 13.8. The molecule has 7 heteroatoms. The van der Waals surface area contributed by atoms with Gasteiger partial charge in [0.1, 0.15) is 0 Å². The van der Waals surface area contributed by atoms with E-state index in [2.05, 4.69) is 10.0 Å². The molecule has 0 saturated carbocycles. The van der Waals surface area contributed by atoms with Gasteiger partial charge >= 0.3 is 0 Å². The minimum Gasteiger partial charge on any atom is -0.346 e. The molecule has 1 aromatic rings. The van der Waals surface area contributed by atoms with Gasteiger partial charge in [-0.3, -0.25) is 0 Å². The molecule has 21 heavy (non-hydrogen) atoms. The van der Waals surface area contributed by atoms with Crippen molar-refractivity contribution < 1.29 is 8.42 Å². The molecule has 1 atom stereocenters. The Morgan fingerprint density at radius 1 is 1.29 bits per heavy atom. The molecule has 0 aliphatic heterocycles. The van der Waals surface area contributed by atoms with Crippen LogP contribution in [0.25, 0.3) is 0 Å². The second-order valence-electron chi connectivity index (χ2n) is 5.86. The van der Waals surface area contributed by atoms with Crippen molar-refractivity contribution in [1.29, 1.82) is 0 Å². The van der Waals surface area contributed by atoms with Gasteiger partial charge in [-0.2, -0.15) is 0 Å². The average Bonchev–Trinajstić information content (AvgIpc) is 2.81. The van der Waals surface area contributed by atoms with Gasteiger partial charge in [-0.1, -0.05) is 0 Å². The Morgan fingerprint density at radius 2 is 1.90 bits per heavy atom. The summed E-state index contributed by atoms with van der Waals surface area (Å²) in [7, 11) is 2.24. The van der Waals surface area contributed by atoms with Gasteiger partial charge in [-0.05, 0) is 48.0 Å². The van der Waals surface area contributed by atoms with E-state index >= 15 is 0 Å². The molecule has 6 nitrogen and oxygen atoms in total. The number of nitrogens with one attached hydrogen (secondary N) is 2. The minimum atomic E-state index is -3.47. The number of nitrogens with zero attached hydrogens (tertiary/aromatic N) is 2. The van der Waals surface area contributed by atoms with Crippen LogP contribution in [0.2, 0.25) is 0 Å². The van der Waals surface area contributed by atoms with Crippen LogP contribution in [0.4, 0.5) is 0 Å².